The van der Waals surface area contributed by atoms with Gasteiger partial charge in [-0.05, 0) is 39.0 Å². The van der Waals surface area contributed by atoms with Crippen molar-refractivity contribution in [3.05, 3.63) is 23.8 Å². The van der Waals surface area contributed by atoms with Crippen molar-refractivity contribution in [1.29, 1.82) is 0 Å². The van der Waals surface area contributed by atoms with Gasteiger partial charge in [0.15, 0.2) is 12.3 Å². The number of hydrogen-bond acceptors (Lipinski definition) is 7. The van der Waals surface area contributed by atoms with Crippen molar-refractivity contribution in [1.82, 2.24) is 4.90 Å². The van der Waals surface area contributed by atoms with Crippen molar-refractivity contribution >= 4 is 12.1 Å². The highest BCUT2D eigenvalue weighted by Gasteiger charge is 2.45. The molecule has 1 N–H and O–H groups in total. The van der Waals surface area contributed by atoms with Gasteiger partial charge in [-0.3, -0.25) is 4.90 Å². The molecule has 30 heavy (non-hydrogen) atoms. The van der Waals surface area contributed by atoms with Crippen LogP contribution in [0.5, 0.6) is 11.5 Å². The molecular weight excluding hydrogens is 394 g/mol. The summed E-state index contributed by atoms with van der Waals surface area (Å²) in [5, 5.41) is 9.72. The maximum absolute atomic E-state index is 12.4. The molecule has 0 aromatic heterocycles. The number of hydrogen-bond donors (Lipinski definition) is 1. The summed E-state index contributed by atoms with van der Waals surface area (Å²) in [6, 6.07) is 4.13. The van der Waals surface area contributed by atoms with E-state index in [9.17, 15) is 14.7 Å². The number of carboxylic acid groups (broad SMARTS) is 1. The standard InChI is InChI=1S/C21H29NO8/c1-21(2,3)30-20(25)22-8-7-16(18(22)19(23)24)29-14-5-6-15(26-4)13(11-14)12-17-27-9-10-28-17/h5-6,11,16-18H,7-10,12H2,1-4H3,(H,23,24)/t16-,18-/m0/s1. The maximum Gasteiger partial charge on any atom is 0.411 e. The quantitative estimate of drug-likeness (QED) is 0.744. The van der Waals surface area contributed by atoms with E-state index >= 15 is 0 Å². The van der Waals surface area contributed by atoms with Gasteiger partial charge in [0.25, 0.3) is 0 Å². The van der Waals surface area contributed by atoms with Crippen LogP contribution in [0.1, 0.15) is 32.8 Å². The van der Waals surface area contributed by atoms with Gasteiger partial charge in [0, 0.05) is 24.9 Å². The van der Waals surface area contributed by atoms with Crippen LogP contribution in [0.3, 0.4) is 0 Å². The Morgan fingerprint density at radius 3 is 2.53 bits per heavy atom. The predicted octanol–water partition coefficient (Wildman–Crippen LogP) is 2.45. The number of aliphatic carboxylic acids is 1. The largest absolute Gasteiger partial charge is 0.496 e. The Morgan fingerprint density at radius 2 is 1.93 bits per heavy atom. The Kier molecular flexibility index (Phi) is 6.72. The molecule has 9 heteroatoms. The van der Waals surface area contributed by atoms with Crippen LogP contribution in [0.25, 0.3) is 0 Å². The number of carboxylic acids is 1. The Hall–Kier alpha value is -2.52. The Balaban J connectivity index is 1.74. The number of likely N-dealkylation sites (tertiary alicyclic amines) is 1. The third-order valence-corrected chi connectivity index (χ3v) is 4.84. The van der Waals surface area contributed by atoms with E-state index in [1.54, 1.807) is 46.1 Å². The molecule has 2 atom stereocenters. The first-order chi connectivity index (χ1) is 14.2. The molecule has 0 spiro atoms. The average molecular weight is 423 g/mol. The summed E-state index contributed by atoms with van der Waals surface area (Å²) in [7, 11) is 1.58. The van der Waals surface area contributed by atoms with Gasteiger partial charge in [-0.15, -0.1) is 0 Å². The molecule has 0 bridgehead atoms. The van der Waals surface area contributed by atoms with Crippen molar-refractivity contribution in [3.8, 4) is 11.5 Å². The fourth-order valence-electron chi connectivity index (χ4n) is 3.57. The second-order valence-corrected chi connectivity index (χ2v) is 8.25. The minimum absolute atomic E-state index is 0.239. The van der Waals surface area contributed by atoms with Gasteiger partial charge >= 0.3 is 12.1 Å². The molecule has 2 heterocycles. The number of rotatable bonds is 6. The van der Waals surface area contributed by atoms with E-state index in [0.717, 1.165) is 5.56 Å². The molecule has 2 saturated heterocycles. The summed E-state index contributed by atoms with van der Waals surface area (Å²) in [5.74, 6) is 0.0222. The lowest BCUT2D eigenvalue weighted by Gasteiger charge is -2.28. The normalized spacial score (nSPS) is 22.2. The molecule has 2 fully saturated rings. The molecule has 0 saturated carbocycles. The summed E-state index contributed by atoms with van der Waals surface area (Å²) in [6.45, 7) is 6.55. The van der Waals surface area contributed by atoms with Crippen molar-refractivity contribution < 1.29 is 38.4 Å². The zero-order chi connectivity index (χ0) is 21.9. The summed E-state index contributed by atoms with van der Waals surface area (Å²) in [4.78, 5) is 25.6. The van der Waals surface area contributed by atoms with E-state index in [-0.39, 0.29) is 12.8 Å². The van der Waals surface area contributed by atoms with Crippen molar-refractivity contribution in [2.24, 2.45) is 0 Å². The molecule has 2 aliphatic heterocycles. The molecule has 1 aromatic carbocycles. The first-order valence-electron chi connectivity index (χ1n) is 9.97. The van der Waals surface area contributed by atoms with Crippen molar-refractivity contribution in [2.45, 2.75) is 57.6 Å². The molecule has 9 nitrogen and oxygen atoms in total. The Morgan fingerprint density at radius 1 is 1.23 bits per heavy atom. The average Bonchev–Trinajstić information content (AvgIpc) is 3.30. The van der Waals surface area contributed by atoms with Crippen LogP contribution in [0.4, 0.5) is 4.79 Å². The van der Waals surface area contributed by atoms with E-state index in [1.165, 1.54) is 4.90 Å². The van der Waals surface area contributed by atoms with Gasteiger partial charge in [-0.25, -0.2) is 9.59 Å². The fraction of sp³-hybridized carbons (Fsp3) is 0.619. The summed E-state index contributed by atoms with van der Waals surface area (Å²) < 4.78 is 27.8. The summed E-state index contributed by atoms with van der Waals surface area (Å²) in [5.41, 5.74) is 0.115. The predicted molar refractivity (Wildman–Crippen MR) is 106 cm³/mol. The lowest BCUT2D eigenvalue weighted by atomic mass is 10.1. The molecule has 0 aliphatic carbocycles. The van der Waals surface area contributed by atoms with Gasteiger partial charge in [0.05, 0.1) is 20.3 Å². The van der Waals surface area contributed by atoms with E-state index in [1.807, 2.05) is 0 Å². The SMILES string of the molecule is COc1ccc(O[C@H]2CCN(C(=O)OC(C)(C)C)[C@@H]2C(=O)O)cc1CC1OCCO1. The van der Waals surface area contributed by atoms with Crippen molar-refractivity contribution in [3.63, 3.8) is 0 Å². The van der Waals surface area contributed by atoms with E-state index < -0.39 is 29.8 Å². The molecule has 1 amide bonds. The zero-order valence-corrected chi connectivity index (χ0v) is 17.8. The highest BCUT2D eigenvalue weighted by molar-refractivity contribution is 5.81. The highest BCUT2D eigenvalue weighted by atomic mass is 16.7. The first-order valence-corrected chi connectivity index (χ1v) is 9.97. The molecule has 2 aliphatic rings. The van der Waals surface area contributed by atoms with Crippen LogP contribution in [-0.4, -0.2) is 73.0 Å². The van der Waals surface area contributed by atoms with E-state index in [4.69, 9.17) is 23.7 Å². The van der Waals surface area contributed by atoms with Gasteiger partial charge < -0.3 is 28.8 Å². The molecule has 3 rings (SSSR count). The number of nitrogens with zero attached hydrogens (tertiary/aromatic N) is 1. The monoisotopic (exact) mass is 423 g/mol. The van der Waals surface area contributed by atoms with Crippen LogP contribution in [0.2, 0.25) is 0 Å². The van der Waals surface area contributed by atoms with E-state index in [2.05, 4.69) is 0 Å². The minimum atomic E-state index is -1.13. The number of amides is 1. The second-order valence-electron chi connectivity index (χ2n) is 8.25. The number of benzene rings is 1. The van der Waals surface area contributed by atoms with Crippen LogP contribution < -0.4 is 9.47 Å². The van der Waals surface area contributed by atoms with Crippen LogP contribution in [0, 0.1) is 0 Å². The minimum Gasteiger partial charge on any atom is -0.496 e. The van der Waals surface area contributed by atoms with Gasteiger partial charge in [0.2, 0.25) is 0 Å². The topological polar surface area (TPSA) is 104 Å². The third-order valence-electron chi connectivity index (χ3n) is 4.84. The fourth-order valence-corrected chi connectivity index (χ4v) is 3.57. The summed E-state index contributed by atoms with van der Waals surface area (Å²) in [6.07, 6.45) is -0.846. The summed E-state index contributed by atoms with van der Waals surface area (Å²) >= 11 is 0. The number of ether oxygens (including phenoxy) is 5. The number of carbonyl (C=O) groups is 2. The zero-order valence-electron chi connectivity index (χ0n) is 17.8. The highest BCUT2D eigenvalue weighted by Crippen LogP contribution is 2.30. The molecule has 0 radical (unpaired) electrons. The number of carbonyl (C=O) groups excluding carboxylic acids is 1. The lowest BCUT2D eigenvalue weighted by molar-refractivity contribution is -0.144. The molecule has 1 aromatic rings. The maximum atomic E-state index is 12.4. The molecule has 166 valence electrons. The first kappa shape index (κ1) is 22.2. The van der Waals surface area contributed by atoms with Gasteiger partial charge in [-0.1, -0.05) is 0 Å². The lowest BCUT2D eigenvalue weighted by Crippen LogP contribution is -2.48. The van der Waals surface area contributed by atoms with E-state index in [0.29, 0.717) is 37.6 Å². The van der Waals surface area contributed by atoms with Gasteiger partial charge in [-0.2, -0.15) is 0 Å². The van der Waals surface area contributed by atoms with Crippen LogP contribution in [0.15, 0.2) is 18.2 Å². The Labute approximate surface area is 175 Å². The van der Waals surface area contributed by atoms with Crippen LogP contribution >= 0.6 is 0 Å². The molecular formula is C21H29NO8. The molecule has 0 unspecified atom stereocenters. The van der Waals surface area contributed by atoms with Crippen molar-refractivity contribution in [2.75, 3.05) is 26.9 Å². The smallest absolute Gasteiger partial charge is 0.411 e. The van der Waals surface area contributed by atoms with Crippen LogP contribution in [-0.2, 0) is 25.4 Å². The second kappa shape index (κ2) is 9.09. The third kappa shape index (κ3) is 5.34. The Bertz CT molecular complexity index is 769. The number of methoxy groups -OCH3 is 1. The van der Waals surface area contributed by atoms with Gasteiger partial charge in [0.1, 0.15) is 23.2 Å².